The molecule has 92 valence electrons. The van der Waals surface area contributed by atoms with Gasteiger partial charge in [0, 0.05) is 5.41 Å². The van der Waals surface area contributed by atoms with Gasteiger partial charge in [0.15, 0.2) is 0 Å². The Balaban J connectivity index is 0. The summed E-state index contributed by atoms with van der Waals surface area (Å²) in [6, 6.07) is 0. The molecule has 1 heteroatoms. The van der Waals surface area contributed by atoms with Crippen LogP contribution in [-0.2, 0) is 4.74 Å². The highest BCUT2D eigenvalue weighted by molar-refractivity contribution is 5.00. The number of hydrogen-bond acceptors (Lipinski definition) is 1. The molecule has 0 aromatic carbocycles. The summed E-state index contributed by atoms with van der Waals surface area (Å²) in [6.45, 7) is 16.0. The number of hydrogen-bond donors (Lipinski definition) is 0. The van der Waals surface area contributed by atoms with E-state index in [4.69, 9.17) is 4.74 Å². The summed E-state index contributed by atoms with van der Waals surface area (Å²) in [5.41, 5.74) is 0.395. The van der Waals surface area contributed by atoms with Crippen molar-refractivity contribution in [2.24, 2.45) is 10.8 Å². The van der Waals surface area contributed by atoms with Gasteiger partial charge in [-0.05, 0) is 19.3 Å². The van der Waals surface area contributed by atoms with Crippen LogP contribution < -0.4 is 0 Å². The summed E-state index contributed by atoms with van der Waals surface area (Å²) in [5, 5.41) is 0. The Bertz CT molecular complexity index is 182. The third-order valence-corrected chi connectivity index (χ3v) is 1.82. The smallest absolute Gasteiger partial charge is 0.0555 e. The summed E-state index contributed by atoms with van der Waals surface area (Å²) >= 11 is 0. The number of allylic oxidation sites excluding steroid dienone is 1. The fraction of sp³-hybridized carbons (Fsp3) is 0.857. The average molecular weight is 214 g/mol. The molecule has 15 heavy (non-hydrogen) atoms. The first-order valence-corrected chi connectivity index (χ1v) is 5.44. The van der Waals surface area contributed by atoms with Crippen LogP contribution in [0.25, 0.3) is 0 Å². The fourth-order valence-corrected chi connectivity index (χ4v) is 0.905. The molecule has 0 aliphatic rings. The van der Waals surface area contributed by atoms with Crippen LogP contribution in [0.1, 0.15) is 55.9 Å². The quantitative estimate of drug-likeness (QED) is 0.618. The molecule has 0 aliphatic carbocycles. The van der Waals surface area contributed by atoms with E-state index in [2.05, 4.69) is 60.6 Å². The van der Waals surface area contributed by atoms with Gasteiger partial charge in [-0.1, -0.05) is 54.2 Å². The van der Waals surface area contributed by atoms with Gasteiger partial charge in [0.2, 0.25) is 0 Å². The summed E-state index contributed by atoms with van der Waals surface area (Å²) < 4.78 is 5.62. The molecule has 0 rings (SSSR count). The minimum absolute atomic E-state index is 0. The van der Waals surface area contributed by atoms with Crippen molar-refractivity contribution in [3.63, 3.8) is 0 Å². The topological polar surface area (TPSA) is 9.23 Å². The van der Waals surface area contributed by atoms with Gasteiger partial charge >= 0.3 is 0 Å². The lowest BCUT2D eigenvalue weighted by molar-refractivity contribution is 0.0379. The molecule has 0 radical (unpaired) electrons. The zero-order valence-electron chi connectivity index (χ0n) is 10.8. The van der Waals surface area contributed by atoms with Gasteiger partial charge in [-0.2, -0.15) is 0 Å². The summed E-state index contributed by atoms with van der Waals surface area (Å²) in [5.74, 6) is 0. The lowest BCUT2D eigenvalue weighted by Gasteiger charge is -2.23. The Morgan fingerprint density at radius 1 is 1.00 bits per heavy atom. The molecule has 0 saturated heterocycles. The van der Waals surface area contributed by atoms with Crippen LogP contribution in [0.15, 0.2) is 12.2 Å². The third-order valence-electron chi connectivity index (χ3n) is 1.82. The van der Waals surface area contributed by atoms with E-state index in [1.807, 2.05) is 0 Å². The molecule has 0 unspecified atom stereocenters. The molecular formula is C14H30O. The Morgan fingerprint density at radius 3 is 1.80 bits per heavy atom. The summed E-state index contributed by atoms with van der Waals surface area (Å²) in [7, 11) is 0. The molecule has 0 heterocycles. The first kappa shape index (κ1) is 17.1. The van der Waals surface area contributed by atoms with Crippen LogP contribution in [0.2, 0.25) is 0 Å². The van der Waals surface area contributed by atoms with E-state index >= 15 is 0 Å². The SMILES string of the molecule is C.CC(C)OCC(C)(C)/C=C/C(C)(C)C. The van der Waals surface area contributed by atoms with Crippen LogP contribution in [0.3, 0.4) is 0 Å². The van der Waals surface area contributed by atoms with Crippen LogP contribution in [0.5, 0.6) is 0 Å². The van der Waals surface area contributed by atoms with Crippen molar-refractivity contribution in [3.8, 4) is 0 Å². The first-order valence-electron chi connectivity index (χ1n) is 5.44. The lowest BCUT2D eigenvalue weighted by atomic mass is 9.88. The molecule has 0 aromatic rings. The molecule has 0 bridgehead atoms. The maximum Gasteiger partial charge on any atom is 0.0555 e. The predicted octanol–water partition coefficient (Wildman–Crippen LogP) is 4.68. The number of rotatable bonds is 4. The monoisotopic (exact) mass is 214 g/mol. The second-order valence-corrected chi connectivity index (χ2v) is 6.05. The molecule has 0 fully saturated rings. The van der Waals surface area contributed by atoms with Gasteiger partial charge in [0.05, 0.1) is 12.7 Å². The first-order chi connectivity index (χ1) is 6.12. The second kappa shape index (κ2) is 6.32. The van der Waals surface area contributed by atoms with Crippen molar-refractivity contribution in [2.75, 3.05) is 6.61 Å². The third kappa shape index (κ3) is 11.6. The summed E-state index contributed by atoms with van der Waals surface area (Å²) in [4.78, 5) is 0. The highest BCUT2D eigenvalue weighted by Crippen LogP contribution is 2.23. The van der Waals surface area contributed by atoms with Crippen molar-refractivity contribution < 1.29 is 4.74 Å². The highest BCUT2D eigenvalue weighted by atomic mass is 16.5. The minimum Gasteiger partial charge on any atom is -0.378 e. The Hall–Kier alpha value is -0.300. The number of ether oxygens (including phenoxy) is 1. The van der Waals surface area contributed by atoms with E-state index in [1.54, 1.807) is 0 Å². The molecule has 1 nitrogen and oxygen atoms in total. The molecule has 0 N–H and O–H groups in total. The zero-order valence-corrected chi connectivity index (χ0v) is 10.8. The van der Waals surface area contributed by atoms with Crippen molar-refractivity contribution in [1.29, 1.82) is 0 Å². The van der Waals surface area contributed by atoms with Gasteiger partial charge in [-0.15, -0.1) is 0 Å². The normalized spacial score (nSPS) is 13.3. The van der Waals surface area contributed by atoms with Crippen LogP contribution in [-0.4, -0.2) is 12.7 Å². The largest absolute Gasteiger partial charge is 0.378 e. The summed E-state index contributed by atoms with van der Waals surface area (Å²) in [6.07, 6.45) is 4.84. The van der Waals surface area contributed by atoms with E-state index in [1.165, 1.54) is 0 Å². The molecule has 0 atom stereocenters. The molecule has 0 amide bonds. The van der Waals surface area contributed by atoms with E-state index in [-0.39, 0.29) is 18.3 Å². The van der Waals surface area contributed by atoms with Crippen molar-refractivity contribution in [3.05, 3.63) is 12.2 Å². The molecule has 0 aromatic heterocycles. The molecule has 0 saturated carbocycles. The minimum atomic E-state index is 0. The van der Waals surface area contributed by atoms with Gasteiger partial charge in [0.1, 0.15) is 0 Å². The maximum atomic E-state index is 5.62. The van der Waals surface area contributed by atoms with Crippen molar-refractivity contribution in [2.45, 2.75) is 62.0 Å². The average Bonchev–Trinajstić information content (AvgIpc) is 1.97. The van der Waals surface area contributed by atoms with Crippen LogP contribution >= 0.6 is 0 Å². The van der Waals surface area contributed by atoms with E-state index in [0.29, 0.717) is 6.10 Å². The second-order valence-electron chi connectivity index (χ2n) is 6.05. The predicted molar refractivity (Wildman–Crippen MR) is 70.2 cm³/mol. The van der Waals surface area contributed by atoms with Gasteiger partial charge in [0.25, 0.3) is 0 Å². The maximum absolute atomic E-state index is 5.62. The van der Waals surface area contributed by atoms with Gasteiger partial charge < -0.3 is 4.74 Å². The van der Waals surface area contributed by atoms with E-state index in [9.17, 15) is 0 Å². The van der Waals surface area contributed by atoms with Crippen molar-refractivity contribution in [1.82, 2.24) is 0 Å². The van der Waals surface area contributed by atoms with E-state index < -0.39 is 0 Å². The zero-order chi connectivity index (χ0) is 11.4. The highest BCUT2D eigenvalue weighted by Gasteiger charge is 2.16. The Kier molecular flexibility index (Phi) is 7.21. The van der Waals surface area contributed by atoms with Crippen LogP contribution in [0, 0.1) is 10.8 Å². The standard InChI is InChI=1S/C13H26O.CH4/c1-11(2)14-10-13(6,7)9-8-12(3,4)5;/h8-9,11H,10H2,1-7H3;1H4/b9-8+;. The van der Waals surface area contributed by atoms with Crippen molar-refractivity contribution >= 4 is 0 Å². The molecule has 0 spiro atoms. The van der Waals surface area contributed by atoms with Crippen LogP contribution in [0.4, 0.5) is 0 Å². The van der Waals surface area contributed by atoms with Gasteiger partial charge in [-0.25, -0.2) is 0 Å². The molecule has 0 aliphatic heterocycles. The Morgan fingerprint density at radius 2 is 1.47 bits per heavy atom. The lowest BCUT2D eigenvalue weighted by Crippen LogP contribution is -2.20. The molecular weight excluding hydrogens is 184 g/mol. The Labute approximate surface area is 96.9 Å². The van der Waals surface area contributed by atoms with Gasteiger partial charge in [-0.3, -0.25) is 0 Å². The van der Waals surface area contributed by atoms with E-state index in [0.717, 1.165) is 6.61 Å². The fourth-order valence-electron chi connectivity index (χ4n) is 0.905.